The Hall–Kier alpha value is -1.24. The molecule has 0 radical (unpaired) electrons. The molecule has 0 fully saturated rings. The molecule has 0 unspecified atom stereocenters. The third-order valence-electron chi connectivity index (χ3n) is 3.69. The first-order valence-electron chi connectivity index (χ1n) is 6.88. The van der Waals surface area contributed by atoms with Crippen molar-refractivity contribution in [1.29, 1.82) is 0 Å². The van der Waals surface area contributed by atoms with E-state index in [1.807, 2.05) is 0 Å². The van der Waals surface area contributed by atoms with Crippen molar-refractivity contribution in [1.82, 2.24) is 0 Å². The topological polar surface area (TPSA) is 3.24 Å². The summed E-state index contributed by atoms with van der Waals surface area (Å²) < 4.78 is 0. The van der Waals surface area contributed by atoms with Gasteiger partial charge in [-0.25, -0.2) is 0 Å². The average molecular weight is 243 g/mol. The van der Waals surface area contributed by atoms with E-state index in [-0.39, 0.29) is 10.8 Å². The molecule has 0 saturated heterocycles. The van der Waals surface area contributed by atoms with Crippen LogP contribution in [0.3, 0.4) is 0 Å². The van der Waals surface area contributed by atoms with Gasteiger partial charge >= 0.3 is 0 Å². The van der Waals surface area contributed by atoms with Crippen LogP contribution in [0.25, 0.3) is 0 Å². The third kappa shape index (κ3) is 2.07. The maximum Gasteiger partial charge on any atom is 0.0450 e. The number of hydrogen-bond acceptors (Lipinski definition) is 1. The first-order valence-corrected chi connectivity index (χ1v) is 6.88. The van der Waals surface area contributed by atoms with Gasteiger partial charge in [-0.15, -0.1) is 0 Å². The summed E-state index contributed by atoms with van der Waals surface area (Å²) >= 11 is 0. The summed E-state index contributed by atoms with van der Waals surface area (Å²) in [7, 11) is 0. The SMILES string of the molecule is CCN1/C(=C/C(C)(C)C)C(C)(C)c2ccccc21. The van der Waals surface area contributed by atoms with Gasteiger partial charge in [0.15, 0.2) is 0 Å². The molecule has 0 amide bonds. The number of nitrogens with zero attached hydrogens (tertiary/aromatic N) is 1. The Bertz CT molecular complexity index is 475. The molecule has 0 saturated carbocycles. The maximum atomic E-state index is 2.46. The van der Waals surface area contributed by atoms with E-state index in [1.165, 1.54) is 16.9 Å². The number of anilines is 1. The Labute approximate surface area is 112 Å². The van der Waals surface area contributed by atoms with Gasteiger partial charge in [-0.2, -0.15) is 0 Å². The van der Waals surface area contributed by atoms with Crippen LogP contribution in [0, 0.1) is 5.41 Å². The lowest BCUT2D eigenvalue weighted by atomic mass is 9.81. The molecule has 0 atom stereocenters. The van der Waals surface area contributed by atoms with Crippen LogP contribution in [0.1, 0.15) is 47.1 Å². The van der Waals surface area contributed by atoms with Crippen LogP contribution in [-0.2, 0) is 5.41 Å². The number of allylic oxidation sites excluding steroid dienone is 2. The van der Waals surface area contributed by atoms with Crippen LogP contribution in [0.5, 0.6) is 0 Å². The minimum Gasteiger partial charge on any atom is -0.345 e. The fraction of sp³-hybridized carbons (Fsp3) is 0.529. The molecule has 0 N–H and O–H groups in total. The van der Waals surface area contributed by atoms with Gasteiger partial charge in [0.25, 0.3) is 0 Å². The van der Waals surface area contributed by atoms with Crippen LogP contribution in [0.15, 0.2) is 36.0 Å². The van der Waals surface area contributed by atoms with Crippen molar-refractivity contribution in [3.63, 3.8) is 0 Å². The zero-order chi connectivity index (χ0) is 13.6. The molecule has 1 nitrogen and oxygen atoms in total. The van der Waals surface area contributed by atoms with Gasteiger partial charge in [-0.05, 0) is 24.0 Å². The van der Waals surface area contributed by atoms with Crippen LogP contribution in [0.2, 0.25) is 0 Å². The predicted octanol–water partition coefficient (Wildman–Crippen LogP) is 4.73. The zero-order valence-electron chi connectivity index (χ0n) is 12.5. The van der Waals surface area contributed by atoms with E-state index < -0.39 is 0 Å². The van der Waals surface area contributed by atoms with Crippen molar-refractivity contribution in [2.24, 2.45) is 5.41 Å². The highest BCUT2D eigenvalue weighted by Crippen LogP contribution is 2.48. The van der Waals surface area contributed by atoms with Crippen molar-refractivity contribution in [3.05, 3.63) is 41.6 Å². The van der Waals surface area contributed by atoms with E-state index in [0.717, 1.165) is 6.54 Å². The van der Waals surface area contributed by atoms with E-state index in [2.05, 4.69) is 76.8 Å². The molecule has 1 heteroatoms. The molecule has 1 aliphatic rings. The van der Waals surface area contributed by atoms with E-state index in [0.29, 0.717) is 0 Å². The Morgan fingerprint density at radius 2 is 1.78 bits per heavy atom. The fourth-order valence-corrected chi connectivity index (χ4v) is 2.85. The van der Waals surface area contributed by atoms with Crippen molar-refractivity contribution in [2.75, 3.05) is 11.4 Å². The summed E-state index contributed by atoms with van der Waals surface area (Å²) in [6.07, 6.45) is 2.43. The highest BCUT2D eigenvalue weighted by atomic mass is 15.2. The van der Waals surface area contributed by atoms with Crippen molar-refractivity contribution in [2.45, 2.75) is 47.0 Å². The molecule has 2 rings (SSSR count). The van der Waals surface area contributed by atoms with Crippen LogP contribution >= 0.6 is 0 Å². The molecule has 1 aromatic carbocycles. The normalized spacial score (nSPS) is 20.3. The molecule has 1 aliphatic heterocycles. The maximum absolute atomic E-state index is 2.46. The van der Waals surface area contributed by atoms with Crippen molar-refractivity contribution in [3.8, 4) is 0 Å². The second-order valence-electron chi connectivity index (χ2n) is 6.78. The number of rotatable bonds is 1. The Morgan fingerprint density at radius 3 is 2.33 bits per heavy atom. The Balaban J connectivity index is 2.61. The van der Waals surface area contributed by atoms with E-state index in [9.17, 15) is 0 Å². The summed E-state index contributed by atoms with van der Waals surface area (Å²) in [4.78, 5) is 2.46. The number of para-hydroxylation sites is 1. The van der Waals surface area contributed by atoms with Gasteiger partial charge in [0.1, 0.15) is 0 Å². The zero-order valence-corrected chi connectivity index (χ0v) is 12.5. The summed E-state index contributed by atoms with van der Waals surface area (Å²) in [5.74, 6) is 0. The predicted molar refractivity (Wildman–Crippen MR) is 80.0 cm³/mol. The van der Waals surface area contributed by atoms with E-state index in [4.69, 9.17) is 0 Å². The number of hydrogen-bond donors (Lipinski definition) is 0. The Kier molecular flexibility index (Phi) is 3.04. The highest BCUT2D eigenvalue weighted by Gasteiger charge is 2.39. The molecule has 18 heavy (non-hydrogen) atoms. The van der Waals surface area contributed by atoms with Crippen molar-refractivity contribution >= 4 is 5.69 Å². The lowest BCUT2D eigenvalue weighted by Gasteiger charge is -2.29. The van der Waals surface area contributed by atoms with Gasteiger partial charge in [0.2, 0.25) is 0 Å². The van der Waals surface area contributed by atoms with Gasteiger partial charge in [0.05, 0.1) is 0 Å². The molecule has 0 bridgehead atoms. The number of likely N-dealkylation sites (N-methyl/N-ethyl adjacent to an activating group) is 1. The first kappa shape index (κ1) is 13.2. The molecule has 98 valence electrons. The van der Waals surface area contributed by atoms with Crippen LogP contribution in [0.4, 0.5) is 5.69 Å². The van der Waals surface area contributed by atoms with Gasteiger partial charge < -0.3 is 4.90 Å². The van der Waals surface area contributed by atoms with Gasteiger partial charge in [0, 0.05) is 23.3 Å². The standard InChI is InChI=1S/C17H25N/c1-7-18-14-11-9-8-10-13(14)17(5,6)15(18)12-16(2,3)4/h8-12H,7H2,1-6H3/b15-12+. The van der Waals surface area contributed by atoms with Crippen LogP contribution < -0.4 is 4.90 Å². The monoisotopic (exact) mass is 243 g/mol. The first-order chi connectivity index (χ1) is 8.27. The molecule has 1 aromatic rings. The van der Waals surface area contributed by atoms with E-state index >= 15 is 0 Å². The second kappa shape index (κ2) is 4.15. The van der Waals surface area contributed by atoms with Crippen molar-refractivity contribution < 1.29 is 0 Å². The fourth-order valence-electron chi connectivity index (χ4n) is 2.85. The quantitative estimate of drug-likeness (QED) is 0.689. The summed E-state index contributed by atoms with van der Waals surface area (Å²) in [5, 5.41) is 0. The Morgan fingerprint density at radius 1 is 1.17 bits per heavy atom. The lowest BCUT2D eigenvalue weighted by molar-refractivity contribution is 0.518. The molecule has 0 aliphatic carbocycles. The summed E-state index contributed by atoms with van der Waals surface area (Å²) in [6.45, 7) is 14.7. The third-order valence-corrected chi connectivity index (χ3v) is 3.69. The second-order valence-corrected chi connectivity index (χ2v) is 6.78. The smallest absolute Gasteiger partial charge is 0.0450 e. The molecular weight excluding hydrogens is 218 g/mol. The van der Waals surface area contributed by atoms with Gasteiger partial charge in [-0.3, -0.25) is 0 Å². The summed E-state index contributed by atoms with van der Waals surface area (Å²) in [6, 6.07) is 8.79. The highest BCUT2D eigenvalue weighted by molar-refractivity contribution is 5.70. The lowest BCUT2D eigenvalue weighted by Crippen LogP contribution is -2.27. The largest absolute Gasteiger partial charge is 0.345 e. The number of benzene rings is 1. The number of fused-ring (bicyclic) bond motifs is 1. The summed E-state index contributed by atoms with van der Waals surface area (Å²) in [5.41, 5.74) is 4.59. The molecule has 0 spiro atoms. The minimum atomic E-state index is 0.111. The molecule has 0 aromatic heterocycles. The van der Waals surface area contributed by atoms with Gasteiger partial charge in [-0.1, -0.05) is 58.9 Å². The van der Waals surface area contributed by atoms with E-state index in [1.54, 1.807) is 0 Å². The van der Waals surface area contributed by atoms with Crippen LogP contribution in [-0.4, -0.2) is 6.54 Å². The molecule has 1 heterocycles. The minimum absolute atomic E-state index is 0.111. The molecular formula is C17H25N. The average Bonchev–Trinajstić information content (AvgIpc) is 2.47.